The average Bonchev–Trinajstić information content (AvgIpc) is 3.06. The van der Waals surface area contributed by atoms with Crippen LogP contribution >= 0.6 is 11.3 Å². The second kappa shape index (κ2) is 8.55. The van der Waals surface area contributed by atoms with Crippen LogP contribution in [0.2, 0.25) is 0 Å². The molecule has 0 saturated carbocycles. The molecule has 1 saturated heterocycles. The third kappa shape index (κ3) is 4.53. The summed E-state index contributed by atoms with van der Waals surface area (Å²) in [5, 5.41) is 5.83. The van der Waals surface area contributed by atoms with Crippen LogP contribution in [-0.2, 0) is 0 Å². The predicted molar refractivity (Wildman–Crippen MR) is 101 cm³/mol. The van der Waals surface area contributed by atoms with Crippen molar-refractivity contribution in [2.24, 2.45) is 0 Å². The molecule has 0 amide bonds. The van der Waals surface area contributed by atoms with Crippen LogP contribution in [0, 0.1) is 6.92 Å². The summed E-state index contributed by atoms with van der Waals surface area (Å²) in [5.74, 6) is 0.860. The van der Waals surface area contributed by atoms with E-state index in [1.165, 1.54) is 16.9 Å². The van der Waals surface area contributed by atoms with Crippen molar-refractivity contribution in [1.82, 2.24) is 20.2 Å². The molecule has 6 heteroatoms. The maximum absolute atomic E-state index is 4.34. The third-order valence-electron chi connectivity index (χ3n) is 4.60. The number of aryl methyl sites for hydroxylation is 1. The maximum atomic E-state index is 4.34. The molecule has 5 nitrogen and oxygen atoms in total. The Kier molecular flexibility index (Phi) is 6.18. The molecule has 1 N–H and O–H groups in total. The molecule has 0 aliphatic carbocycles. The van der Waals surface area contributed by atoms with Gasteiger partial charge in [0.05, 0.1) is 0 Å². The fourth-order valence-electron chi connectivity index (χ4n) is 3.17. The highest BCUT2D eigenvalue weighted by Crippen LogP contribution is 2.23. The van der Waals surface area contributed by atoms with Crippen molar-refractivity contribution < 1.29 is 0 Å². The minimum atomic E-state index is 0.456. The summed E-state index contributed by atoms with van der Waals surface area (Å²) in [7, 11) is 0. The van der Waals surface area contributed by atoms with Gasteiger partial charge in [-0.1, -0.05) is 0 Å². The second-order valence-corrected chi connectivity index (χ2v) is 7.32. The van der Waals surface area contributed by atoms with E-state index in [2.05, 4.69) is 50.4 Å². The molecule has 130 valence electrons. The molecule has 0 aromatic carbocycles. The maximum Gasteiger partial charge on any atom is 0.225 e. The molecule has 1 aliphatic rings. The van der Waals surface area contributed by atoms with Gasteiger partial charge in [0, 0.05) is 49.5 Å². The third-order valence-corrected chi connectivity index (χ3v) is 5.81. The van der Waals surface area contributed by atoms with Crippen LogP contribution in [-0.4, -0.2) is 54.1 Å². The van der Waals surface area contributed by atoms with E-state index in [1.807, 2.05) is 29.8 Å². The predicted octanol–water partition coefficient (Wildman–Crippen LogP) is 2.71. The number of nitrogens with zero attached hydrogens (tertiary/aromatic N) is 4. The normalized spacial score (nSPS) is 17.2. The quantitative estimate of drug-likeness (QED) is 0.782. The van der Waals surface area contributed by atoms with Crippen molar-refractivity contribution in [3.8, 4) is 0 Å². The Morgan fingerprint density at radius 3 is 2.62 bits per heavy atom. The van der Waals surface area contributed by atoms with E-state index in [4.69, 9.17) is 0 Å². The second-order valence-electron chi connectivity index (χ2n) is 6.37. The number of anilines is 1. The van der Waals surface area contributed by atoms with E-state index in [9.17, 15) is 0 Å². The van der Waals surface area contributed by atoms with Gasteiger partial charge in [-0.25, -0.2) is 9.97 Å². The van der Waals surface area contributed by atoms with Crippen molar-refractivity contribution in [3.05, 3.63) is 40.3 Å². The first-order valence-electron chi connectivity index (χ1n) is 8.76. The van der Waals surface area contributed by atoms with Gasteiger partial charge in [0.1, 0.15) is 0 Å². The molecule has 0 spiro atoms. The van der Waals surface area contributed by atoms with E-state index in [0.29, 0.717) is 6.04 Å². The molecule has 24 heavy (non-hydrogen) atoms. The van der Waals surface area contributed by atoms with Crippen LogP contribution in [0.25, 0.3) is 0 Å². The summed E-state index contributed by atoms with van der Waals surface area (Å²) in [6, 6.07) is 4.52. The van der Waals surface area contributed by atoms with Crippen LogP contribution in [0.5, 0.6) is 0 Å². The van der Waals surface area contributed by atoms with Crippen LogP contribution < -0.4 is 10.2 Å². The average molecular weight is 346 g/mol. The molecule has 1 atom stereocenters. The molecule has 0 unspecified atom stereocenters. The molecule has 1 aliphatic heterocycles. The van der Waals surface area contributed by atoms with E-state index in [0.717, 1.165) is 45.2 Å². The van der Waals surface area contributed by atoms with Crippen molar-refractivity contribution in [2.45, 2.75) is 26.3 Å². The minimum Gasteiger partial charge on any atom is -0.338 e. The molecule has 0 bridgehead atoms. The van der Waals surface area contributed by atoms with Gasteiger partial charge in [-0.2, -0.15) is 0 Å². The molecular weight excluding hydrogens is 318 g/mol. The molecule has 1 fully saturated rings. The number of hydrogen-bond acceptors (Lipinski definition) is 6. The number of rotatable bonds is 7. The molecule has 3 rings (SSSR count). The molecular formula is C18H27N5S. The Labute approximate surface area is 148 Å². The Morgan fingerprint density at radius 2 is 1.96 bits per heavy atom. The standard InChI is InChI=1S/C18H27N5S/c1-15-5-14-24-17(15)16(2)19-8-4-9-22-10-12-23(13-11-22)18-20-6-3-7-21-18/h3,5-7,14,16,19H,4,8-13H2,1-2H3/t16-/m1/s1. The van der Waals surface area contributed by atoms with Crippen molar-refractivity contribution in [1.29, 1.82) is 0 Å². The SMILES string of the molecule is Cc1ccsc1[C@@H](C)NCCCN1CCN(c2ncccn2)CC1. The Bertz CT molecular complexity index is 607. The smallest absolute Gasteiger partial charge is 0.225 e. The fourth-order valence-corrected chi connectivity index (χ4v) is 4.13. The number of aromatic nitrogens is 2. The number of hydrogen-bond donors (Lipinski definition) is 1. The van der Waals surface area contributed by atoms with Crippen LogP contribution in [0.4, 0.5) is 5.95 Å². The number of nitrogens with one attached hydrogen (secondary N) is 1. The van der Waals surface area contributed by atoms with Gasteiger partial charge >= 0.3 is 0 Å². The largest absolute Gasteiger partial charge is 0.338 e. The lowest BCUT2D eigenvalue weighted by Gasteiger charge is -2.34. The van der Waals surface area contributed by atoms with E-state index >= 15 is 0 Å². The van der Waals surface area contributed by atoms with Crippen molar-refractivity contribution >= 4 is 17.3 Å². The topological polar surface area (TPSA) is 44.3 Å². The van der Waals surface area contributed by atoms with Crippen LogP contribution in [0.15, 0.2) is 29.9 Å². The summed E-state index contributed by atoms with van der Waals surface area (Å²) in [6.45, 7) is 10.9. The Hall–Kier alpha value is -1.50. The highest BCUT2D eigenvalue weighted by atomic mass is 32.1. The summed E-state index contributed by atoms with van der Waals surface area (Å²) >= 11 is 1.85. The van der Waals surface area contributed by atoms with Crippen molar-refractivity contribution in [2.75, 3.05) is 44.2 Å². The van der Waals surface area contributed by atoms with Crippen LogP contribution in [0.1, 0.15) is 29.8 Å². The zero-order chi connectivity index (χ0) is 16.8. The van der Waals surface area contributed by atoms with Gasteiger partial charge < -0.3 is 10.2 Å². The number of piperazine rings is 1. The lowest BCUT2D eigenvalue weighted by atomic mass is 10.2. The highest BCUT2D eigenvalue weighted by Gasteiger charge is 2.18. The Balaban J connectivity index is 1.33. The molecule has 3 heterocycles. The van der Waals surface area contributed by atoms with Gasteiger partial charge in [0.15, 0.2) is 0 Å². The zero-order valence-electron chi connectivity index (χ0n) is 14.6. The monoisotopic (exact) mass is 345 g/mol. The first-order chi connectivity index (χ1) is 11.7. The summed E-state index contributed by atoms with van der Waals surface area (Å²) in [4.78, 5) is 15.0. The zero-order valence-corrected chi connectivity index (χ0v) is 15.4. The van der Waals surface area contributed by atoms with Gasteiger partial charge in [-0.05, 0) is 56.4 Å². The van der Waals surface area contributed by atoms with Gasteiger partial charge in [0.25, 0.3) is 0 Å². The minimum absolute atomic E-state index is 0.456. The van der Waals surface area contributed by atoms with E-state index in [-0.39, 0.29) is 0 Å². The molecule has 0 radical (unpaired) electrons. The van der Waals surface area contributed by atoms with E-state index in [1.54, 1.807) is 0 Å². The first-order valence-corrected chi connectivity index (χ1v) is 9.63. The highest BCUT2D eigenvalue weighted by molar-refractivity contribution is 7.10. The van der Waals surface area contributed by atoms with Gasteiger partial charge in [0.2, 0.25) is 5.95 Å². The van der Waals surface area contributed by atoms with Gasteiger partial charge in [-0.3, -0.25) is 4.90 Å². The van der Waals surface area contributed by atoms with Gasteiger partial charge in [-0.15, -0.1) is 11.3 Å². The first kappa shape index (κ1) is 17.3. The molecule has 2 aromatic rings. The summed E-state index contributed by atoms with van der Waals surface area (Å²) in [5.41, 5.74) is 1.40. The van der Waals surface area contributed by atoms with Crippen LogP contribution in [0.3, 0.4) is 0 Å². The summed E-state index contributed by atoms with van der Waals surface area (Å²) in [6.07, 6.45) is 4.82. The van der Waals surface area contributed by atoms with E-state index < -0.39 is 0 Å². The fraction of sp³-hybridized carbons (Fsp3) is 0.556. The molecule has 2 aromatic heterocycles. The Morgan fingerprint density at radius 1 is 1.21 bits per heavy atom. The number of thiophene rings is 1. The lowest BCUT2D eigenvalue weighted by Crippen LogP contribution is -2.47. The van der Waals surface area contributed by atoms with Crippen molar-refractivity contribution in [3.63, 3.8) is 0 Å². The summed E-state index contributed by atoms with van der Waals surface area (Å²) < 4.78 is 0. The lowest BCUT2D eigenvalue weighted by molar-refractivity contribution is 0.252.